The SMILES string of the molecule is CCNC(=O)c1nnc(-c2cc(C(C)C)c(O)cc2O)n1-c1ccc(CN2CCC(C(=O)N(C)CCCN(C(=O)O)c3cccc4c3CN(C3CCC(=O)NC3=O)C4=O)CC2)cc1. The first kappa shape index (κ1) is 44.2. The quantitative estimate of drug-likeness (QED) is 0.112. The molecule has 0 spiro atoms. The minimum absolute atomic E-state index is 0.000186. The fraction of sp³-hybridized carbons (Fsp3) is 0.422. The Balaban J connectivity index is 0.941. The molecule has 0 saturated carbocycles. The van der Waals surface area contributed by atoms with Crippen LogP contribution in [-0.4, -0.2) is 126 Å². The maximum atomic E-state index is 13.6. The van der Waals surface area contributed by atoms with Crippen LogP contribution in [0, 0.1) is 5.92 Å². The molecule has 2 saturated heterocycles. The predicted octanol–water partition coefficient (Wildman–Crippen LogP) is 4.22. The van der Waals surface area contributed by atoms with E-state index in [4.69, 9.17) is 0 Å². The molecule has 18 heteroatoms. The molecule has 63 heavy (non-hydrogen) atoms. The van der Waals surface area contributed by atoms with Crippen molar-refractivity contribution in [3.8, 4) is 28.6 Å². The number of carbonyl (C=O) groups excluding carboxylic acids is 5. The molecule has 1 aromatic heterocycles. The molecule has 2 fully saturated rings. The Morgan fingerprint density at radius 2 is 1.67 bits per heavy atom. The van der Waals surface area contributed by atoms with Crippen LogP contribution in [0.25, 0.3) is 17.1 Å². The number of fused-ring (bicyclic) bond motifs is 1. The molecular weight excluding hydrogens is 811 g/mol. The fourth-order valence-corrected chi connectivity index (χ4v) is 8.70. The van der Waals surface area contributed by atoms with Crippen molar-refractivity contribution in [3.05, 3.63) is 82.7 Å². The summed E-state index contributed by atoms with van der Waals surface area (Å²) in [7, 11) is 1.73. The van der Waals surface area contributed by atoms with Crippen LogP contribution in [0.1, 0.15) is 96.5 Å². The van der Waals surface area contributed by atoms with E-state index in [0.717, 1.165) is 5.56 Å². The summed E-state index contributed by atoms with van der Waals surface area (Å²) in [4.78, 5) is 83.2. The largest absolute Gasteiger partial charge is 0.508 e. The van der Waals surface area contributed by atoms with Crippen LogP contribution in [0.2, 0.25) is 0 Å². The van der Waals surface area contributed by atoms with E-state index in [1.165, 1.54) is 15.9 Å². The van der Waals surface area contributed by atoms with Gasteiger partial charge in [-0.25, -0.2) is 4.79 Å². The Labute approximate surface area is 364 Å². The standard InChI is InChI=1S/C45H53N9O9/c1-5-46-42(59)40-49-48-39(32-22-31(26(2)3)36(55)23-37(32)56)54(40)29-12-10-27(11-13-29)24-51-20-16-28(17-21-51)43(60)50(4)18-7-19-52(45(62)63)34-9-6-8-30-33(34)25-53(44(30)61)35-14-15-38(57)47-41(35)58/h6,8-13,22-23,26,28,35,55-56H,5,7,14-21,24-25H2,1-4H3,(H,46,59)(H,62,63)(H,47,57,58). The summed E-state index contributed by atoms with van der Waals surface area (Å²) < 4.78 is 1.59. The van der Waals surface area contributed by atoms with Crippen LogP contribution >= 0.6 is 0 Å². The third kappa shape index (κ3) is 9.21. The van der Waals surface area contributed by atoms with Gasteiger partial charge in [0.05, 0.1) is 11.3 Å². The average molecular weight is 864 g/mol. The van der Waals surface area contributed by atoms with Crippen molar-refractivity contribution in [1.82, 2.24) is 40.1 Å². The molecule has 3 aromatic carbocycles. The minimum atomic E-state index is -1.20. The van der Waals surface area contributed by atoms with Gasteiger partial charge in [0.2, 0.25) is 23.5 Å². The Hall–Kier alpha value is -6.82. The number of aromatic nitrogens is 3. The number of carbonyl (C=O) groups is 6. The molecule has 3 aliphatic rings. The van der Waals surface area contributed by atoms with Crippen LogP contribution in [0.3, 0.4) is 0 Å². The number of carboxylic acid groups (broad SMARTS) is 1. The zero-order valence-electron chi connectivity index (χ0n) is 35.8. The number of hydrogen-bond donors (Lipinski definition) is 5. The van der Waals surface area contributed by atoms with Crippen LogP contribution in [0.4, 0.5) is 10.5 Å². The number of amides is 6. The molecule has 5 N–H and O–H groups in total. The Morgan fingerprint density at radius 1 is 0.937 bits per heavy atom. The molecule has 1 atom stereocenters. The third-order valence-corrected chi connectivity index (χ3v) is 12.1. The number of imide groups is 1. The summed E-state index contributed by atoms with van der Waals surface area (Å²) >= 11 is 0. The lowest BCUT2D eigenvalue weighted by atomic mass is 9.95. The first-order chi connectivity index (χ1) is 30.2. The summed E-state index contributed by atoms with van der Waals surface area (Å²) in [6.45, 7) is 8.50. The first-order valence-electron chi connectivity index (χ1n) is 21.3. The van der Waals surface area contributed by atoms with E-state index in [0.29, 0.717) is 85.6 Å². The summed E-state index contributed by atoms with van der Waals surface area (Å²) in [6.07, 6.45) is 0.779. The molecule has 1 unspecified atom stereocenters. The van der Waals surface area contributed by atoms with Gasteiger partial charge in [0.1, 0.15) is 17.5 Å². The highest BCUT2D eigenvalue weighted by Gasteiger charge is 2.41. The van der Waals surface area contributed by atoms with E-state index in [1.54, 1.807) is 47.7 Å². The van der Waals surface area contributed by atoms with Gasteiger partial charge in [0, 0.05) is 75.0 Å². The summed E-state index contributed by atoms with van der Waals surface area (Å²) in [5.74, 6) is -1.92. The number of rotatable bonds is 14. The zero-order valence-corrected chi connectivity index (χ0v) is 35.8. The van der Waals surface area contributed by atoms with Gasteiger partial charge >= 0.3 is 6.09 Å². The molecule has 0 radical (unpaired) electrons. The third-order valence-electron chi connectivity index (χ3n) is 12.1. The number of aromatic hydroxyl groups is 2. The van der Waals surface area contributed by atoms with Crippen molar-refractivity contribution in [1.29, 1.82) is 0 Å². The Morgan fingerprint density at radius 3 is 2.33 bits per heavy atom. The van der Waals surface area contributed by atoms with E-state index in [1.807, 2.05) is 38.1 Å². The van der Waals surface area contributed by atoms with Gasteiger partial charge in [0.15, 0.2) is 5.82 Å². The van der Waals surface area contributed by atoms with Crippen molar-refractivity contribution >= 4 is 41.3 Å². The average Bonchev–Trinajstić information content (AvgIpc) is 3.84. The highest BCUT2D eigenvalue weighted by Crippen LogP contribution is 2.39. The van der Waals surface area contributed by atoms with Crippen LogP contribution in [-0.2, 0) is 27.5 Å². The van der Waals surface area contributed by atoms with Crippen LogP contribution in [0.5, 0.6) is 11.5 Å². The number of phenolic OH excluding ortho intramolecular Hbond substituents is 2. The van der Waals surface area contributed by atoms with Crippen molar-refractivity contribution in [2.75, 3.05) is 44.7 Å². The number of anilines is 1. The lowest BCUT2D eigenvalue weighted by Crippen LogP contribution is -2.52. The van der Waals surface area contributed by atoms with E-state index in [9.17, 15) is 44.1 Å². The summed E-state index contributed by atoms with van der Waals surface area (Å²) in [5.41, 5.74) is 3.73. The molecule has 3 aliphatic heterocycles. The minimum Gasteiger partial charge on any atom is -0.508 e. The second kappa shape index (κ2) is 18.7. The van der Waals surface area contributed by atoms with Gasteiger partial charge in [-0.15, -0.1) is 10.2 Å². The summed E-state index contributed by atoms with van der Waals surface area (Å²) in [5, 5.41) is 45.1. The Bertz CT molecular complexity index is 2420. The monoisotopic (exact) mass is 863 g/mol. The van der Waals surface area contributed by atoms with Gasteiger partial charge in [-0.05, 0) is 93.1 Å². The number of piperidine rings is 2. The topological polar surface area (TPSA) is 231 Å². The number of phenols is 2. The smallest absolute Gasteiger partial charge is 0.411 e. The second-order valence-corrected chi connectivity index (χ2v) is 16.6. The van der Waals surface area contributed by atoms with Crippen molar-refractivity contribution in [2.45, 2.75) is 77.9 Å². The molecule has 6 amide bonds. The number of hydrogen-bond acceptors (Lipinski definition) is 11. The fourth-order valence-electron chi connectivity index (χ4n) is 8.70. The predicted molar refractivity (Wildman–Crippen MR) is 230 cm³/mol. The molecule has 7 rings (SSSR count). The molecule has 0 bridgehead atoms. The van der Waals surface area contributed by atoms with Gasteiger partial charge in [-0.2, -0.15) is 0 Å². The Kier molecular flexibility index (Phi) is 13.1. The first-order valence-corrected chi connectivity index (χ1v) is 21.3. The van der Waals surface area contributed by atoms with Crippen LogP contribution < -0.4 is 15.5 Å². The zero-order chi connectivity index (χ0) is 45.1. The second-order valence-electron chi connectivity index (χ2n) is 16.6. The maximum Gasteiger partial charge on any atom is 0.411 e. The molecular formula is C45H53N9O9. The van der Waals surface area contributed by atoms with Crippen molar-refractivity contribution in [3.63, 3.8) is 0 Å². The van der Waals surface area contributed by atoms with Crippen molar-refractivity contribution < 1.29 is 44.1 Å². The molecule has 18 nitrogen and oxygen atoms in total. The number of likely N-dealkylation sites (tertiary alicyclic amines) is 1. The lowest BCUT2D eigenvalue weighted by molar-refractivity contribution is -0.137. The molecule has 0 aliphatic carbocycles. The van der Waals surface area contributed by atoms with Gasteiger partial charge in [-0.3, -0.25) is 43.7 Å². The lowest BCUT2D eigenvalue weighted by Gasteiger charge is -2.33. The normalized spacial score (nSPS) is 16.9. The maximum absolute atomic E-state index is 13.6. The highest BCUT2D eigenvalue weighted by molar-refractivity contribution is 6.06. The van der Waals surface area contributed by atoms with Crippen molar-refractivity contribution in [2.24, 2.45) is 5.92 Å². The number of nitrogens with zero attached hydrogens (tertiary/aromatic N) is 7. The molecule has 332 valence electrons. The van der Waals surface area contributed by atoms with Gasteiger partial charge < -0.3 is 30.4 Å². The van der Waals surface area contributed by atoms with E-state index < -0.39 is 23.9 Å². The molecule has 4 aromatic rings. The highest BCUT2D eigenvalue weighted by atomic mass is 16.4. The van der Waals surface area contributed by atoms with Gasteiger partial charge in [-0.1, -0.05) is 32.0 Å². The van der Waals surface area contributed by atoms with Gasteiger partial charge in [0.25, 0.3) is 11.8 Å². The number of benzene rings is 3. The van der Waals surface area contributed by atoms with E-state index in [-0.39, 0.29) is 78.6 Å². The number of nitrogens with one attached hydrogen (secondary N) is 2. The van der Waals surface area contributed by atoms with Crippen LogP contribution in [0.15, 0.2) is 54.6 Å². The summed E-state index contributed by atoms with van der Waals surface area (Å²) in [6, 6.07) is 14.6. The molecule has 4 heterocycles. The van der Waals surface area contributed by atoms with E-state index in [2.05, 4.69) is 25.7 Å². The van der Waals surface area contributed by atoms with E-state index >= 15 is 0 Å².